The molecule has 1 amide bonds. The highest BCUT2D eigenvalue weighted by Gasteiger charge is 2.07. The van der Waals surface area contributed by atoms with E-state index in [1.165, 1.54) is 5.56 Å². The molecule has 2 aromatic rings. The molecule has 0 spiro atoms. The van der Waals surface area contributed by atoms with E-state index in [1.807, 2.05) is 39.0 Å². The van der Waals surface area contributed by atoms with E-state index in [9.17, 15) is 4.79 Å². The van der Waals surface area contributed by atoms with E-state index in [2.05, 4.69) is 36.8 Å². The van der Waals surface area contributed by atoms with Crippen molar-refractivity contribution < 1.29 is 4.79 Å². The number of aryl methyl sites for hydroxylation is 1. The van der Waals surface area contributed by atoms with E-state index in [4.69, 9.17) is 0 Å². The molecule has 6 heteroatoms. The molecular formula is C16H19BrN4O. The first-order valence-corrected chi connectivity index (χ1v) is 7.90. The van der Waals surface area contributed by atoms with Crippen LogP contribution in [0.25, 0.3) is 0 Å². The fourth-order valence-electron chi connectivity index (χ4n) is 1.85. The fourth-order valence-corrected chi connectivity index (χ4v) is 2.23. The molecule has 22 heavy (non-hydrogen) atoms. The zero-order chi connectivity index (χ0) is 16.1. The van der Waals surface area contributed by atoms with E-state index in [-0.39, 0.29) is 5.91 Å². The Labute approximate surface area is 138 Å². The maximum absolute atomic E-state index is 11.7. The standard InChI is InChI=1S/C16H19BrN4O/c1-10(2)8-16(22)19-15-7-6-14(20-21-15)18-12-5-4-11(3)13(17)9-12/h4-7,9-10H,8H2,1-3H3,(H,18,20)(H,19,21,22). The number of nitrogens with zero attached hydrogens (tertiary/aromatic N) is 2. The van der Waals surface area contributed by atoms with Crippen molar-refractivity contribution in [2.75, 3.05) is 10.6 Å². The summed E-state index contributed by atoms with van der Waals surface area (Å²) in [6.45, 7) is 6.03. The van der Waals surface area contributed by atoms with Gasteiger partial charge < -0.3 is 10.6 Å². The highest BCUT2D eigenvalue weighted by atomic mass is 79.9. The van der Waals surface area contributed by atoms with Crippen LogP contribution in [0.4, 0.5) is 17.3 Å². The molecule has 0 saturated heterocycles. The molecule has 1 aromatic heterocycles. The van der Waals surface area contributed by atoms with Crippen LogP contribution in [0, 0.1) is 12.8 Å². The summed E-state index contributed by atoms with van der Waals surface area (Å²) in [6.07, 6.45) is 0.471. The molecule has 0 radical (unpaired) electrons. The number of hydrogen-bond acceptors (Lipinski definition) is 4. The summed E-state index contributed by atoms with van der Waals surface area (Å²) >= 11 is 3.49. The lowest BCUT2D eigenvalue weighted by Crippen LogP contribution is -2.15. The van der Waals surface area contributed by atoms with Gasteiger partial charge in [0.2, 0.25) is 5.91 Å². The molecule has 0 aliphatic rings. The minimum Gasteiger partial charge on any atom is -0.339 e. The van der Waals surface area contributed by atoms with Gasteiger partial charge >= 0.3 is 0 Å². The van der Waals surface area contributed by atoms with Gasteiger partial charge in [-0.2, -0.15) is 0 Å². The summed E-state index contributed by atoms with van der Waals surface area (Å²) < 4.78 is 1.03. The third-order valence-corrected chi connectivity index (χ3v) is 3.82. The van der Waals surface area contributed by atoms with Gasteiger partial charge in [-0.05, 0) is 42.7 Å². The van der Waals surface area contributed by atoms with Crippen LogP contribution < -0.4 is 10.6 Å². The summed E-state index contributed by atoms with van der Waals surface area (Å²) in [5, 5.41) is 14.0. The van der Waals surface area contributed by atoms with Gasteiger partial charge in [0, 0.05) is 16.6 Å². The molecule has 2 rings (SSSR count). The fraction of sp³-hybridized carbons (Fsp3) is 0.312. The van der Waals surface area contributed by atoms with Gasteiger partial charge in [0.1, 0.15) is 0 Å². The molecular weight excluding hydrogens is 344 g/mol. The number of nitrogens with one attached hydrogen (secondary N) is 2. The van der Waals surface area contributed by atoms with Gasteiger partial charge in [0.15, 0.2) is 11.6 Å². The predicted octanol–water partition coefficient (Wildman–Crippen LogP) is 4.28. The minimum absolute atomic E-state index is 0.0486. The van der Waals surface area contributed by atoms with Crippen molar-refractivity contribution in [3.8, 4) is 0 Å². The third-order valence-electron chi connectivity index (χ3n) is 2.97. The highest BCUT2D eigenvalue weighted by Crippen LogP contribution is 2.22. The average molecular weight is 363 g/mol. The second-order valence-electron chi connectivity index (χ2n) is 5.54. The average Bonchev–Trinajstić information content (AvgIpc) is 2.44. The number of aromatic nitrogens is 2. The van der Waals surface area contributed by atoms with Crippen LogP contribution in [-0.4, -0.2) is 16.1 Å². The summed E-state index contributed by atoms with van der Waals surface area (Å²) in [4.78, 5) is 11.7. The van der Waals surface area contributed by atoms with Crippen LogP contribution in [0.1, 0.15) is 25.8 Å². The Bertz CT molecular complexity index is 656. The summed E-state index contributed by atoms with van der Waals surface area (Å²) in [5.74, 6) is 1.35. The van der Waals surface area contributed by atoms with E-state index < -0.39 is 0 Å². The molecule has 0 aliphatic carbocycles. The number of amides is 1. The third kappa shape index (κ3) is 4.80. The Kier molecular flexibility index (Phi) is 5.49. The number of benzene rings is 1. The van der Waals surface area contributed by atoms with Crippen molar-refractivity contribution in [1.82, 2.24) is 10.2 Å². The smallest absolute Gasteiger partial charge is 0.225 e. The van der Waals surface area contributed by atoms with Crippen molar-refractivity contribution in [3.05, 3.63) is 40.4 Å². The first-order valence-electron chi connectivity index (χ1n) is 7.11. The Balaban J connectivity index is 1.99. The largest absolute Gasteiger partial charge is 0.339 e. The molecule has 0 atom stereocenters. The first-order chi connectivity index (χ1) is 10.4. The van der Waals surface area contributed by atoms with Crippen LogP contribution >= 0.6 is 15.9 Å². The molecule has 0 fully saturated rings. The van der Waals surface area contributed by atoms with Gasteiger partial charge in [-0.1, -0.05) is 35.8 Å². The van der Waals surface area contributed by atoms with E-state index >= 15 is 0 Å². The van der Waals surface area contributed by atoms with Crippen molar-refractivity contribution in [1.29, 1.82) is 0 Å². The quantitative estimate of drug-likeness (QED) is 0.832. The maximum atomic E-state index is 11.7. The van der Waals surface area contributed by atoms with Crippen LogP contribution in [0.5, 0.6) is 0 Å². The van der Waals surface area contributed by atoms with Crippen molar-refractivity contribution in [2.45, 2.75) is 27.2 Å². The predicted molar refractivity (Wildman–Crippen MR) is 92.3 cm³/mol. The molecule has 1 heterocycles. The monoisotopic (exact) mass is 362 g/mol. The van der Waals surface area contributed by atoms with Crippen molar-refractivity contribution in [3.63, 3.8) is 0 Å². The lowest BCUT2D eigenvalue weighted by molar-refractivity contribution is -0.116. The lowest BCUT2D eigenvalue weighted by atomic mass is 10.1. The van der Waals surface area contributed by atoms with Crippen LogP contribution in [0.2, 0.25) is 0 Å². The lowest BCUT2D eigenvalue weighted by Gasteiger charge is -2.08. The van der Waals surface area contributed by atoms with Crippen molar-refractivity contribution >= 4 is 39.2 Å². The molecule has 0 aliphatic heterocycles. The summed E-state index contributed by atoms with van der Waals surface area (Å²) in [5.41, 5.74) is 2.09. The van der Waals surface area contributed by atoms with Gasteiger partial charge in [-0.25, -0.2) is 0 Å². The Morgan fingerprint density at radius 1 is 1.18 bits per heavy atom. The van der Waals surface area contributed by atoms with Crippen molar-refractivity contribution in [2.24, 2.45) is 5.92 Å². The second-order valence-corrected chi connectivity index (χ2v) is 6.39. The molecule has 0 unspecified atom stereocenters. The minimum atomic E-state index is -0.0486. The van der Waals surface area contributed by atoms with Crippen LogP contribution in [-0.2, 0) is 4.79 Å². The molecule has 0 saturated carbocycles. The topological polar surface area (TPSA) is 66.9 Å². The number of rotatable bonds is 5. The summed E-state index contributed by atoms with van der Waals surface area (Å²) in [7, 11) is 0. The number of carbonyl (C=O) groups excluding carboxylic acids is 1. The normalized spacial score (nSPS) is 10.6. The number of carbonyl (C=O) groups is 1. The van der Waals surface area contributed by atoms with Crippen LogP contribution in [0.3, 0.4) is 0 Å². The molecule has 5 nitrogen and oxygen atoms in total. The van der Waals surface area contributed by atoms with Gasteiger partial charge in [0.25, 0.3) is 0 Å². The molecule has 0 bridgehead atoms. The molecule has 116 valence electrons. The van der Waals surface area contributed by atoms with Gasteiger partial charge in [-0.3, -0.25) is 4.79 Å². The second kappa shape index (κ2) is 7.35. The van der Waals surface area contributed by atoms with Crippen LogP contribution in [0.15, 0.2) is 34.8 Å². The summed E-state index contributed by atoms with van der Waals surface area (Å²) in [6, 6.07) is 9.48. The number of halogens is 1. The Hall–Kier alpha value is -1.95. The molecule has 1 aromatic carbocycles. The van der Waals surface area contributed by atoms with E-state index in [0.29, 0.717) is 24.0 Å². The van der Waals surface area contributed by atoms with Gasteiger partial charge in [-0.15, -0.1) is 10.2 Å². The first kappa shape index (κ1) is 16.4. The van der Waals surface area contributed by atoms with E-state index in [1.54, 1.807) is 12.1 Å². The SMILES string of the molecule is Cc1ccc(Nc2ccc(NC(=O)CC(C)C)nn2)cc1Br. The number of hydrogen-bond donors (Lipinski definition) is 2. The Morgan fingerprint density at radius 2 is 1.86 bits per heavy atom. The zero-order valence-corrected chi connectivity index (χ0v) is 14.4. The maximum Gasteiger partial charge on any atom is 0.225 e. The van der Waals surface area contributed by atoms with Gasteiger partial charge in [0.05, 0.1) is 0 Å². The van der Waals surface area contributed by atoms with E-state index in [0.717, 1.165) is 10.2 Å². The molecule has 2 N–H and O–H groups in total. The zero-order valence-electron chi connectivity index (χ0n) is 12.9. The number of anilines is 3. The Morgan fingerprint density at radius 3 is 2.45 bits per heavy atom. The highest BCUT2D eigenvalue weighted by molar-refractivity contribution is 9.10.